The number of nitrogens with two attached hydrogens (primary N) is 1. The molecule has 1 aliphatic rings. The van der Waals surface area contributed by atoms with Gasteiger partial charge >= 0.3 is 57.1 Å². The van der Waals surface area contributed by atoms with E-state index >= 15 is 0 Å². The van der Waals surface area contributed by atoms with Gasteiger partial charge < -0.3 is 27.2 Å². The summed E-state index contributed by atoms with van der Waals surface area (Å²) in [5.74, 6) is 0.0537. The second-order valence-electron chi connectivity index (χ2n) is 3.77. The quantitative estimate of drug-likeness (QED) is 0.398. The number of aliphatic hydroxyl groups is 3. The van der Waals surface area contributed by atoms with Crippen LogP contribution in [-0.2, 0) is 4.74 Å². The van der Waals surface area contributed by atoms with Crippen LogP contribution in [0.2, 0.25) is 0 Å². The van der Waals surface area contributed by atoms with Gasteiger partial charge in [0.05, 0.1) is 6.61 Å². The van der Waals surface area contributed by atoms with Crippen molar-refractivity contribution in [1.82, 2.24) is 9.55 Å². The van der Waals surface area contributed by atoms with Gasteiger partial charge in [-0.1, -0.05) is 0 Å². The van der Waals surface area contributed by atoms with E-state index in [0.29, 0.717) is 0 Å². The molecule has 1 aromatic rings. The van der Waals surface area contributed by atoms with Crippen LogP contribution >= 0.6 is 0 Å². The molecule has 8 nitrogen and oxygen atoms in total. The molecule has 0 bridgehead atoms. The molecule has 0 amide bonds. The van der Waals surface area contributed by atoms with Gasteiger partial charge in [-0.05, 0) is 6.07 Å². The average molecular weight is 283 g/mol. The summed E-state index contributed by atoms with van der Waals surface area (Å²) in [5, 5.41) is 28.2. The summed E-state index contributed by atoms with van der Waals surface area (Å²) in [6, 6.07) is 1.37. The average Bonchev–Trinajstić information content (AvgIpc) is 2.57. The first kappa shape index (κ1) is 16.2. The Morgan fingerprint density at radius 3 is 2.67 bits per heavy atom. The third kappa shape index (κ3) is 3.00. The van der Waals surface area contributed by atoms with Crippen LogP contribution < -0.4 is 62.8 Å². The largest absolute Gasteiger partial charge is 1.00 e. The van der Waals surface area contributed by atoms with Crippen molar-refractivity contribution in [1.29, 1.82) is 0 Å². The van der Waals surface area contributed by atoms with Crippen molar-refractivity contribution in [3.63, 3.8) is 0 Å². The molecule has 0 aromatic carbocycles. The van der Waals surface area contributed by atoms with Crippen LogP contribution in [0.1, 0.15) is 7.65 Å². The fourth-order valence-electron chi connectivity index (χ4n) is 1.73. The smallest absolute Gasteiger partial charge is 1.00 e. The van der Waals surface area contributed by atoms with E-state index in [0.717, 1.165) is 4.57 Å². The van der Waals surface area contributed by atoms with Gasteiger partial charge in [0.1, 0.15) is 24.1 Å². The van der Waals surface area contributed by atoms with Crippen molar-refractivity contribution in [2.24, 2.45) is 0 Å². The predicted molar refractivity (Wildman–Crippen MR) is 57.0 cm³/mol. The molecule has 0 aliphatic carbocycles. The molecule has 4 atom stereocenters. The topological polar surface area (TPSA) is 131 Å². The van der Waals surface area contributed by atoms with Crippen LogP contribution in [0.15, 0.2) is 17.1 Å². The monoisotopic (exact) mass is 283 g/mol. The van der Waals surface area contributed by atoms with E-state index in [1.54, 1.807) is 0 Å². The van der Waals surface area contributed by atoms with E-state index in [-0.39, 0.29) is 58.6 Å². The molecule has 1 aliphatic heterocycles. The second-order valence-corrected chi connectivity index (χ2v) is 3.77. The molecular formula is C9H14KN3O5. The van der Waals surface area contributed by atoms with Gasteiger partial charge in [0.25, 0.3) is 0 Å². The van der Waals surface area contributed by atoms with Gasteiger partial charge in [-0.25, -0.2) is 4.79 Å². The number of aliphatic hydroxyl groups excluding tert-OH is 3. The van der Waals surface area contributed by atoms with Gasteiger partial charge in [0.2, 0.25) is 0 Å². The maximum atomic E-state index is 11.5. The van der Waals surface area contributed by atoms with Crippen LogP contribution in [0.3, 0.4) is 0 Å². The van der Waals surface area contributed by atoms with Crippen molar-refractivity contribution >= 4 is 5.82 Å². The zero-order valence-electron chi connectivity index (χ0n) is 10.8. The van der Waals surface area contributed by atoms with Crippen LogP contribution in [0.4, 0.5) is 5.82 Å². The number of nitrogens with zero attached hydrogens (tertiary/aromatic N) is 2. The molecule has 0 spiro atoms. The molecule has 9 heteroatoms. The number of rotatable bonds is 2. The Morgan fingerprint density at radius 2 is 2.17 bits per heavy atom. The number of hydrogen-bond donors (Lipinski definition) is 4. The third-order valence-electron chi connectivity index (χ3n) is 2.64. The number of aromatic nitrogens is 2. The van der Waals surface area contributed by atoms with Crippen LogP contribution in [0.25, 0.3) is 0 Å². The molecule has 5 N–H and O–H groups in total. The summed E-state index contributed by atoms with van der Waals surface area (Å²) in [6.45, 7) is -0.453. The summed E-state index contributed by atoms with van der Waals surface area (Å²) in [4.78, 5) is 15.0. The zero-order chi connectivity index (χ0) is 12.6. The zero-order valence-corrected chi connectivity index (χ0v) is 12.9. The van der Waals surface area contributed by atoms with E-state index < -0.39 is 36.8 Å². The molecule has 0 saturated carbocycles. The summed E-state index contributed by atoms with van der Waals surface area (Å²) >= 11 is 0. The van der Waals surface area contributed by atoms with Crippen LogP contribution in [0.5, 0.6) is 0 Å². The number of ether oxygens (including phenoxy) is 1. The molecule has 96 valence electrons. The molecule has 0 radical (unpaired) electrons. The normalized spacial score (nSPS) is 31.1. The Labute approximate surface area is 146 Å². The Morgan fingerprint density at radius 1 is 1.50 bits per heavy atom. The van der Waals surface area contributed by atoms with E-state index in [1.807, 2.05) is 0 Å². The standard InChI is InChI=1S/C9H13N3O5.K.H/c10-5-1-2-12(9(16)11-5)8-7(15)6(14)4(3-13)17-8;;/h1-2,4,6-8,13-15H,3H2,(H2,10,11,16);;/q;+1;-1/t4-,6?,7?,8-;;/m1../s1. The maximum absolute atomic E-state index is 11.5. The van der Waals surface area contributed by atoms with Crippen molar-refractivity contribution in [2.75, 3.05) is 12.3 Å². The van der Waals surface area contributed by atoms with E-state index in [2.05, 4.69) is 4.98 Å². The van der Waals surface area contributed by atoms with Crippen LogP contribution in [0, 0.1) is 0 Å². The Hall–Kier alpha value is 0.156. The fraction of sp³-hybridized carbons (Fsp3) is 0.556. The number of hydrogen-bond acceptors (Lipinski definition) is 7. The Bertz CT molecular complexity index is 473. The second kappa shape index (κ2) is 6.55. The van der Waals surface area contributed by atoms with E-state index in [1.165, 1.54) is 12.3 Å². The third-order valence-corrected chi connectivity index (χ3v) is 2.64. The van der Waals surface area contributed by atoms with E-state index in [4.69, 9.17) is 15.6 Å². The first-order chi connectivity index (χ1) is 8.04. The van der Waals surface area contributed by atoms with Gasteiger partial charge in [-0.3, -0.25) is 4.57 Å². The summed E-state index contributed by atoms with van der Waals surface area (Å²) in [5.41, 5.74) is 4.63. The van der Waals surface area contributed by atoms with Gasteiger partial charge in [-0.2, -0.15) is 4.98 Å². The minimum absolute atomic E-state index is 0. The molecule has 2 rings (SSSR count). The van der Waals surface area contributed by atoms with Crippen molar-refractivity contribution in [3.05, 3.63) is 22.7 Å². The summed E-state index contributed by atoms with van der Waals surface area (Å²) < 4.78 is 6.19. The maximum Gasteiger partial charge on any atom is 1.00 e. The van der Waals surface area contributed by atoms with Crippen molar-refractivity contribution in [2.45, 2.75) is 24.5 Å². The number of anilines is 1. The predicted octanol–water partition coefficient (Wildman–Crippen LogP) is -5.45. The van der Waals surface area contributed by atoms with Gasteiger partial charge in [0, 0.05) is 6.20 Å². The molecule has 1 aromatic heterocycles. The summed E-state index contributed by atoms with van der Waals surface area (Å²) in [6.07, 6.45) is -3.27. The first-order valence-corrected chi connectivity index (χ1v) is 5.01. The molecule has 1 fully saturated rings. The minimum Gasteiger partial charge on any atom is -1.00 e. The van der Waals surface area contributed by atoms with Crippen molar-refractivity contribution < 1.29 is 72.9 Å². The van der Waals surface area contributed by atoms with Gasteiger partial charge in [-0.15, -0.1) is 0 Å². The van der Waals surface area contributed by atoms with Crippen molar-refractivity contribution in [3.8, 4) is 0 Å². The van der Waals surface area contributed by atoms with Gasteiger partial charge in [0.15, 0.2) is 6.23 Å². The molecule has 2 unspecified atom stereocenters. The SMILES string of the molecule is Nc1ccn([C@@H]2O[C@H](CO)C(O)C2O)c(=O)n1.[H-].[K+]. The molecule has 2 heterocycles. The first-order valence-electron chi connectivity index (χ1n) is 5.01. The molecule has 18 heavy (non-hydrogen) atoms. The van der Waals surface area contributed by atoms with E-state index in [9.17, 15) is 15.0 Å². The molecular weight excluding hydrogens is 269 g/mol. The Kier molecular flexibility index (Phi) is 5.90. The minimum atomic E-state index is -1.31. The number of nitrogen functional groups attached to an aromatic ring is 1. The molecule has 1 saturated heterocycles. The Balaban J connectivity index is 0.00000162. The summed E-state index contributed by atoms with van der Waals surface area (Å²) in [7, 11) is 0. The van der Waals surface area contributed by atoms with Crippen LogP contribution in [-0.4, -0.2) is 49.8 Å². The fourth-order valence-corrected chi connectivity index (χ4v) is 1.73.